The van der Waals surface area contributed by atoms with Crippen molar-refractivity contribution in [2.75, 3.05) is 6.61 Å². The van der Waals surface area contributed by atoms with Crippen LogP contribution in [0, 0.1) is 0 Å². The molecule has 0 spiro atoms. The molecule has 0 radical (unpaired) electrons. The lowest BCUT2D eigenvalue weighted by molar-refractivity contribution is 0.0488. The van der Waals surface area contributed by atoms with Crippen LogP contribution in [0.1, 0.15) is 10.4 Å². The van der Waals surface area contributed by atoms with Crippen LogP contribution >= 0.6 is 11.6 Å². The van der Waals surface area contributed by atoms with E-state index in [1.54, 1.807) is 35.1 Å². The van der Waals surface area contributed by atoms with Gasteiger partial charge in [0.25, 0.3) is 0 Å². The number of esters is 1. The molecule has 3 rings (SSSR count). The number of rotatable bonds is 4. The van der Waals surface area contributed by atoms with E-state index in [4.69, 9.17) is 16.3 Å². The maximum atomic E-state index is 12.0. The van der Waals surface area contributed by atoms with E-state index in [1.807, 2.05) is 18.3 Å². The van der Waals surface area contributed by atoms with Crippen molar-refractivity contribution in [2.45, 2.75) is 6.54 Å². The van der Waals surface area contributed by atoms with E-state index >= 15 is 0 Å². The molecule has 0 unspecified atom stereocenters. The predicted octanol–water partition coefficient (Wildman–Crippen LogP) is 2.94. The highest BCUT2D eigenvalue weighted by atomic mass is 35.5. The van der Waals surface area contributed by atoms with Crippen molar-refractivity contribution in [1.82, 2.24) is 14.8 Å². The topological polar surface area (TPSA) is 57.0 Å². The number of halogens is 1. The van der Waals surface area contributed by atoms with Crippen LogP contribution in [0.4, 0.5) is 0 Å². The van der Waals surface area contributed by atoms with Crippen LogP contribution in [0.5, 0.6) is 0 Å². The number of aromatic nitrogens is 3. The lowest BCUT2D eigenvalue weighted by Crippen LogP contribution is -2.11. The van der Waals surface area contributed by atoms with Crippen LogP contribution in [0.25, 0.3) is 10.9 Å². The summed E-state index contributed by atoms with van der Waals surface area (Å²) < 4.78 is 6.94. The number of ether oxygens (including phenoxy) is 1. The average molecular weight is 302 g/mol. The van der Waals surface area contributed by atoms with Crippen LogP contribution in [0.15, 0.2) is 48.8 Å². The van der Waals surface area contributed by atoms with Gasteiger partial charge in [-0.25, -0.2) is 9.78 Å². The fraction of sp³-hybridized carbons (Fsp3) is 0.133. The van der Waals surface area contributed by atoms with Crippen LogP contribution in [-0.2, 0) is 11.3 Å². The zero-order valence-electron chi connectivity index (χ0n) is 11.1. The second-order valence-electron chi connectivity index (χ2n) is 4.45. The van der Waals surface area contributed by atoms with Gasteiger partial charge in [0.05, 0.1) is 17.6 Å². The van der Waals surface area contributed by atoms with Crippen molar-refractivity contribution in [3.63, 3.8) is 0 Å². The Morgan fingerprint density at radius 2 is 2.19 bits per heavy atom. The molecule has 5 nitrogen and oxygen atoms in total. The van der Waals surface area contributed by atoms with E-state index in [1.165, 1.54) is 0 Å². The minimum absolute atomic E-state index is 0.275. The monoisotopic (exact) mass is 301 g/mol. The molecule has 106 valence electrons. The first kappa shape index (κ1) is 13.6. The van der Waals surface area contributed by atoms with Crippen molar-refractivity contribution in [3.05, 3.63) is 59.5 Å². The first-order chi connectivity index (χ1) is 10.2. The molecule has 0 aliphatic carbocycles. The molecule has 0 saturated heterocycles. The minimum Gasteiger partial charge on any atom is -0.460 e. The van der Waals surface area contributed by atoms with E-state index < -0.39 is 0 Å². The van der Waals surface area contributed by atoms with Gasteiger partial charge in [-0.15, -0.1) is 0 Å². The molecule has 0 amide bonds. The number of nitrogens with zero attached hydrogens (tertiary/aromatic N) is 3. The van der Waals surface area contributed by atoms with Gasteiger partial charge in [-0.3, -0.25) is 4.68 Å². The normalized spacial score (nSPS) is 10.7. The van der Waals surface area contributed by atoms with E-state index in [9.17, 15) is 4.79 Å². The Bertz CT molecular complexity index is 772. The molecule has 0 saturated carbocycles. The summed E-state index contributed by atoms with van der Waals surface area (Å²) in [5, 5.41) is 5.32. The molecule has 0 bridgehead atoms. The van der Waals surface area contributed by atoms with Gasteiger partial charge in [-0.1, -0.05) is 11.6 Å². The van der Waals surface area contributed by atoms with Crippen molar-refractivity contribution in [3.8, 4) is 0 Å². The van der Waals surface area contributed by atoms with Gasteiger partial charge < -0.3 is 4.74 Å². The van der Waals surface area contributed by atoms with Gasteiger partial charge >= 0.3 is 5.97 Å². The summed E-state index contributed by atoms with van der Waals surface area (Å²) in [7, 11) is 0. The molecular formula is C15H12ClN3O2. The smallest absolute Gasteiger partial charge is 0.338 e. The Balaban J connectivity index is 1.68. The van der Waals surface area contributed by atoms with E-state index in [0.29, 0.717) is 17.3 Å². The van der Waals surface area contributed by atoms with Crippen LogP contribution in [0.2, 0.25) is 5.15 Å². The predicted molar refractivity (Wildman–Crippen MR) is 79.3 cm³/mol. The Hall–Kier alpha value is -2.40. The van der Waals surface area contributed by atoms with Crippen molar-refractivity contribution in [1.29, 1.82) is 0 Å². The number of hydrogen-bond acceptors (Lipinski definition) is 4. The minimum atomic E-state index is -0.362. The molecular weight excluding hydrogens is 290 g/mol. The van der Waals surface area contributed by atoms with E-state index in [0.717, 1.165) is 10.9 Å². The average Bonchev–Trinajstić information content (AvgIpc) is 3.00. The standard InChI is InChI=1S/C15H12ClN3O2/c16-14-5-3-11-10-12(2-4-13(11)18-14)15(20)21-9-8-19-7-1-6-17-19/h1-7,10H,8-9H2. The molecule has 2 heterocycles. The zero-order chi connectivity index (χ0) is 14.7. The highest BCUT2D eigenvalue weighted by molar-refractivity contribution is 6.29. The Labute approximate surface area is 126 Å². The fourth-order valence-corrected chi connectivity index (χ4v) is 2.13. The largest absolute Gasteiger partial charge is 0.460 e. The van der Waals surface area contributed by atoms with Crippen molar-refractivity contribution < 1.29 is 9.53 Å². The summed E-state index contributed by atoms with van der Waals surface area (Å²) in [5.41, 5.74) is 1.24. The Morgan fingerprint density at radius 1 is 1.29 bits per heavy atom. The number of carbonyl (C=O) groups is 1. The van der Waals surface area contributed by atoms with Gasteiger partial charge in [0.2, 0.25) is 0 Å². The van der Waals surface area contributed by atoms with Crippen LogP contribution in [0.3, 0.4) is 0 Å². The summed E-state index contributed by atoms with van der Waals surface area (Å²) in [5.74, 6) is -0.362. The highest BCUT2D eigenvalue weighted by Gasteiger charge is 2.08. The maximum absolute atomic E-state index is 12.0. The van der Waals surface area contributed by atoms with Crippen molar-refractivity contribution >= 4 is 28.5 Å². The second kappa shape index (κ2) is 5.93. The lowest BCUT2D eigenvalue weighted by atomic mass is 10.1. The third kappa shape index (κ3) is 3.20. The van der Waals surface area contributed by atoms with Gasteiger partial charge in [0.1, 0.15) is 11.8 Å². The van der Waals surface area contributed by atoms with Gasteiger partial charge in [-0.05, 0) is 36.4 Å². The molecule has 6 heteroatoms. The van der Waals surface area contributed by atoms with Crippen LogP contribution < -0.4 is 0 Å². The molecule has 1 aromatic carbocycles. The summed E-state index contributed by atoms with van der Waals surface area (Å²) in [6.07, 6.45) is 3.50. The van der Waals surface area contributed by atoms with Gasteiger partial charge in [0, 0.05) is 17.8 Å². The van der Waals surface area contributed by atoms with E-state index in [2.05, 4.69) is 10.1 Å². The first-order valence-corrected chi connectivity index (χ1v) is 6.81. The molecule has 21 heavy (non-hydrogen) atoms. The molecule has 0 aliphatic rings. The molecule has 0 aliphatic heterocycles. The third-order valence-electron chi connectivity index (χ3n) is 3.00. The quantitative estimate of drug-likeness (QED) is 0.549. The van der Waals surface area contributed by atoms with E-state index in [-0.39, 0.29) is 12.6 Å². The summed E-state index contributed by atoms with van der Waals surface area (Å²) in [6, 6.07) is 10.5. The van der Waals surface area contributed by atoms with Gasteiger partial charge in [-0.2, -0.15) is 5.10 Å². The SMILES string of the molecule is O=C(OCCn1cccn1)c1ccc2nc(Cl)ccc2c1. The zero-order valence-corrected chi connectivity index (χ0v) is 11.8. The summed E-state index contributed by atoms with van der Waals surface area (Å²) >= 11 is 5.83. The molecule has 3 aromatic rings. The lowest BCUT2D eigenvalue weighted by Gasteiger charge is -2.06. The first-order valence-electron chi connectivity index (χ1n) is 6.43. The van der Waals surface area contributed by atoms with Crippen molar-refractivity contribution in [2.24, 2.45) is 0 Å². The van der Waals surface area contributed by atoms with Crippen LogP contribution in [-0.4, -0.2) is 27.3 Å². The Kier molecular flexibility index (Phi) is 3.83. The summed E-state index contributed by atoms with van der Waals surface area (Å²) in [4.78, 5) is 16.2. The second-order valence-corrected chi connectivity index (χ2v) is 4.83. The number of fused-ring (bicyclic) bond motifs is 1. The van der Waals surface area contributed by atoms with Gasteiger partial charge in [0.15, 0.2) is 0 Å². The molecule has 2 aromatic heterocycles. The molecule has 0 atom stereocenters. The number of carbonyl (C=O) groups excluding carboxylic acids is 1. The Morgan fingerprint density at radius 3 is 3.00 bits per heavy atom. The maximum Gasteiger partial charge on any atom is 0.338 e. The number of hydrogen-bond donors (Lipinski definition) is 0. The number of benzene rings is 1. The highest BCUT2D eigenvalue weighted by Crippen LogP contribution is 2.17. The molecule has 0 N–H and O–H groups in total. The number of pyridine rings is 1. The third-order valence-corrected chi connectivity index (χ3v) is 3.21. The molecule has 0 fully saturated rings. The summed E-state index contributed by atoms with van der Waals surface area (Å²) in [6.45, 7) is 0.806. The fourth-order valence-electron chi connectivity index (χ4n) is 1.98.